The molecule has 10 heteroatoms. The van der Waals surface area contributed by atoms with Crippen molar-refractivity contribution in [1.82, 2.24) is 9.55 Å². The average Bonchev–Trinajstić information content (AvgIpc) is 2.94. The fourth-order valence-corrected chi connectivity index (χ4v) is 1.95. The summed E-state index contributed by atoms with van der Waals surface area (Å²) in [5.41, 5.74) is -1.26. The number of nitrogens with zero attached hydrogens (tertiary/aromatic N) is 4. The van der Waals surface area contributed by atoms with Gasteiger partial charge in [-0.2, -0.15) is 4.57 Å². The van der Waals surface area contributed by atoms with E-state index in [1.807, 2.05) is 0 Å². The van der Waals surface area contributed by atoms with Crippen LogP contribution < -0.4 is 0 Å². The Hall–Kier alpha value is -3.30. The number of nitro benzene ring substituents is 1. The summed E-state index contributed by atoms with van der Waals surface area (Å²) in [4.78, 5) is 36.4. The van der Waals surface area contributed by atoms with Gasteiger partial charge in [-0.15, -0.1) is 0 Å². The van der Waals surface area contributed by atoms with Gasteiger partial charge in [-0.05, 0) is 37.8 Å². The summed E-state index contributed by atoms with van der Waals surface area (Å²) in [6, 6.07) is 3.50. The monoisotopic (exact) mass is 334 g/mol. The van der Waals surface area contributed by atoms with E-state index in [4.69, 9.17) is 4.74 Å². The molecule has 2 rings (SSSR count). The van der Waals surface area contributed by atoms with E-state index in [1.165, 1.54) is 18.3 Å². The summed E-state index contributed by atoms with van der Waals surface area (Å²) in [5, 5.41) is 22.2. The zero-order chi connectivity index (χ0) is 18.1. The number of carbonyl (C=O) groups excluding carboxylic acids is 1. The second-order valence-electron chi connectivity index (χ2n) is 5.82. The van der Waals surface area contributed by atoms with Crippen LogP contribution in [0.4, 0.5) is 11.6 Å². The first-order chi connectivity index (χ1) is 11.1. The number of esters is 1. The average molecular weight is 334 g/mol. The van der Waals surface area contributed by atoms with Crippen molar-refractivity contribution in [2.75, 3.05) is 0 Å². The van der Waals surface area contributed by atoms with Gasteiger partial charge in [0.15, 0.2) is 5.69 Å². The first kappa shape index (κ1) is 17.1. The van der Waals surface area contributed by atoms with Crippen molar-refractivity contribution in [1.29, 1.82) is 0 Å². The number of nitro groups is 2. The minimum absolute atomic E-state index is 0.0357. The Morgan fingerprint density at radius 2 is 1.88 bits per heavy atom. The Morgan fingerprint density at radius 3 is 2.42 bits per heavy atom. The Morgan fingerprint density at radius 1 is 1.21 bits per heavy atom. The molecule has 0 radical (unpaired) electrons. The second kappa shape index (κ2) is 6.07. The van der Waals surface area contributed by atoms with Gasteiger partial charge >= 0.3 is 17.6 Å². The number of rotatable bonds is 4. The summed E-state index contributed by atoms with van der Waals surface area (Å²) >= 11 is 0. The van der Waals surface area contributed by atoms with E-state index in [9.17, 15) is 25.0 Å². The van der Waals surface area contributed by atoms with Crippen molar-refractivity contribution in [3.05, 3.63) is 56.4 Å². The van der Waals surface area contributed by atoms with Crippen LogP contribution in [-0.2, 0) is 4.74 Å². The Balaban J connectivity index is 2.58. The van der Waals surface area contributed by atoms with Crippen LogP contribution in [0.2, 0.25) is 0 Å². The number of aromatic nitrogens is 2. The molecule has 0 amide bonds. The van der Waals surface area contributed by atoms with Crippen LogP contribution in [0.5, 0.6) is 0 Å². The van der Waals surface area contributed by atoms with Crippen molar-refractivity contribution in [3.63, 3.8) is 0 Å². The molecule has 0 aliphatic carbocycles. The topological polar surface area (TPSA) is 130 Å². The molecule has 126 valence electrons. The van der Waals surface area contributed by atoms with E-state index in [1.54, 1.807) is 20.8 Å². The first-order valence-corrected chi connectivity index (χ1v) is 6.80. The van der Waals surface area contributed by atoms with Crippen molar-refractivity contribution < 1.29 is 19.4 Å². The van der Waals surface area contributed by atoms with Crippen molar-refractivity contribution in [2.45, 2.75) is 26.4 Å². The molecule has 0 saturated carbocycles. The lowest BCUT2D eigenvalue weighted by atomic mass is 10.1. The van der Waals surface area contributed by atoms with E-state index in [0.717, 1.165) is 16.8 Å². The highest BCUT2D eigenvalue weighted by atomic mass is 16.6. The molecule has 1 aromatic carbocycles. The molecule has 10 nitrogen and oxygen atoms in total. The molecular weight excluding hydrogens is 320 g/mol. The third-order valence-electron chi connectivity index (χ3n) is 2.85. The van der Waals surface area contributed by atoms with Gasteiger partial charge in [0, 0.05) is 6.07 Å². The van der Waals surface area contributed by atoms with Crippen LogP contribution in [0.25, 0.3) is 5.69 Å². The molecular formula is C14H14N4O6. The summed E-state index contributed by atoms with van der Waals surface area (Å²) in [7, 11) is 0. The van der Waals surface area contributed by atoms with Gasteiger partial charge in [-0.3, -0.25) is 10.1 Å². The number of benzene rings is 1. The molecule has 0 atom stereocenters. The molecule has 0 unspecified atom stereocenters. The van der Waals surface area contributed by atoms with E-state index >= 15 is 0 Å². The summed E-state index contributed by atoms with van der Waals surface area (Å²) in [6.07, 6.45) is 2.35. The largest absolute Gasteiger partial charge is 0.456 e. The highest BCUT2D eigenvalue weighted by molar-refractivity contribution is 5.91. The van der Waals surface area contributed by atoms with Gasteiger partial charge in [-0.1, -0.05) is 4.98 Å². The number of ether oxygens (including phenoxy) is 1. The number of hydrogen-bond acceptors (Lipinski definition) is 7. The predicted molar refractivity (Wildman–Crippen MR) is 82.0 cm³/mol. The van der Waals surface area contributed by atoms with Crippen molar-refractivity contribution in [2.24, 2.45) is 0 Å². The second-order valence-corrected chi connectivity index (χ2v) is 5.82. The molecule has 0 saturated heterocycles. The molecule has 0 bridgehead atoms. The smallest absolute Gasteiger partial charge is 0.439 e. The predicted octanol–water partition coefficient (Wildman–Crippen LogP) is 2.64. The molecule has 0 N–H and O–H groups in total. The zero-order valence-corrected chi connectivity index (χ0v) is 13.1. The normalized spacial score (nSPS) is 11.1. The van der Waals surface area contributed by atoms with E-state index in [2.05, 4.69) is 4.98 Å². The Labute approximate surface area is 136 Å². The minimum atomic E-state index is -0.774. The van der Waals surface area contributed by atoms with E-state index < -0.39 is 33.1 Å². The maximum absolute atomic E-state index is 12.1. The minimum Gasteiger partial charge on any atom is -0.456 e. The SMILES string of the molecule is CC(C)(C)OC(=O)c1ccc([N+](=O)[O-])c(-n2ccnc2[N+](=O)[O-])c1. The standard InChI is InChI=1S/C14H14N4O6/c1-14(2,3)24-12(19)9-4-5-10(17(20)21)11(8-9)16-7-6-15-13(16)18(22)23/h4-8H,1-3H3. The van der Waals surface area contributed by atoms with Crippen LogP contribution in [0.15, 0.2) is 30.6 Å². The summed E-state index contributed by atoms with van der Waals surface area (Å²) in [6.45, 7) is 5.04. The third kappa shape index (κ3) is 3.54. The van der Waals surface area contributed by atoms with Gasteiger partial charge in [0.05, 0.1) is 10.5 Å². The first-order valence-electron chi connectivity index (χ1n) is 6.80. The summed E-state index contributed by atoms with van der Waals surface area (Å²) in [5.74, 6) is -1.29. The molecule has 24 heavy (non-hydrogen) atoms. The molecule has 2 aromatic rings. The van der Waals surface area contributed by atoms with Crippen molar-refractivity contribution in [3.8, 4) is 5.69 Å². The number of imidazole rings is 1. The molecule has 0 aliphatic rings. The maximum atomic E-state index is 12.1. The molecule has 1 heterocycles. The Kier molecular flexibility index (Phi) is 4.31. The van der Waals surface area contributed by atoms with Crippen molar-refractivity contribution >= 4 is 17.6 Å². The molecule has 1 aromatic heterocycles. The number of carbonyl (C=O) groups is 1. The van der Waals surface area contributed by atoms with E-state index in [-0.39, 0.29) is 11.3 Å². The van der Waals surface area contributed by atoms with Crippen LogP contribution in [0.1, 0.15) is 31.1 Å². The fraction of sp³-hybridized carbons (Fsp3) is 0.286. The van der Waals surface area contributed by atoms with Gasteiger partial charge in [-0.25, -0.2) is 4.79 Å². The van der Waals surface area contributed by atoms with Crippen LogP contribution >= 0.6 is 0 Å². The van der Waals surface area contributed by atoms with E-state index in [0.29, 0.717) is 0 Å². The van der Waals surface area contributed by atoms with Gasteiger partial charge < -0.3 is 14.9 Å². The maximum Gasteiger partial charge on any atom is 0.439 e. The highest BCUT2D eigenvalue weighted by Gasteiger charge is 2.27. The van der Waals surface area contributed by atoms with Gasteiger partial charge in [0.2, 0.25) is 0 Å². The number of hydrogen-bond donors (Lipinski definition) is 0. The molecule has 0 fully saturated rings. The fourth-order valence-electron chi connectivity index (χ4n) is 1.95. The highest BCUT2D eigenvalue weighted by Crippen LogP contribution is 2.28. The third-order valence-corrected chi connectivity index (χ3v) is 2.85. The van der Waals surface area contributed by atoms with Gasteiger partial charge in [0.25, 0.3) is 0 Å². The molecule has 0 spiro atoms. The van der Waals surface area contributed by atoms with Crippen LogP contribution in [0.3, 0.4) is 0 Å². The summed E-state index contributed by atoms with van der Waals surface area (Å²) < 4.78 is 6.14. The van der Waals surface area contributed by atoms with Gasteiger partial charge in [0.1, 0.15) is 18.0 Å². The van der Waals surface area contributed by atoms with Crippen LogP contribution in [-0.4, -0.2) is 31.0 Å². The molecule has 0 aliphatic heterocycles. The Bertz CT molecular complexity index is 821. The zero-order valence-electron chi connectivity index (χ0n) is 13.1. The lowest BCUT2D eigenvalue weighted by molar-refractivity contribution is -0.396. The lowest BCUT2D eigenvalue weighted by Crippen LogP contribution is -2.24. The lowest BCUT2D eigenvalue weighted by Gasteiger charge is -2.19. The van der Waals surface area contributed by atoms with Crippen LogP contribution in [0, 0.1) is 20.2 Å². The quantitative estimate of drug-likeness (QED) is 0.477.